The summed E-state index contributed by atoms with van der Waals surface area (Å²) in [7, 11) is 0. The first-order chi connectivity index (χ1) is 11.1. The smallest absolute Gasteiger partial charge is 0.240 e. The number of nitrogens with zero attached hydrogens (tertiary/aromatic N) is 1. The SMILES string of the molecule is CC(C)C[C@H](N)C(=O)N1Cc2ccccc2-c2ccccc2C1.Cl. The second-order valence-electron chi connectivity index (χ2n) is 6.74. The van der Waals surface area contributed by atoms with Crippen LogP contribution in [0.3, 0.4) is 0 Å². The van der Waals surface area contributed by atoms with Gasteiger partial charge in [-0.05, 0) is 34.6 Å². The summed E-state index contributed by atoms with van der Waals surface area (Å²) in [4.78, 5) is 14.7. The minimum absolute atomic E-state index is 0. The van der Waals surface area contributed by atoms with Crippen LogP contribution in [0.2, 0.25) is 0 Å². The summed E-state index contributed by atoms with van der Waals surface area (Å²) < 4.78 is 0. The summed E-state index contributed by atoms with van der Waals surface area (Å²) in [5.41, 5.74) is 11.0. The Morgan fingerprint density at radius 1 is 1.00 bits per heavy atom. The fourth-order valence-electron chi connectivity index (χ4n) is 3.31. The third-order valence-corrected chi connectivity index (χ3v) is 4.40. The molecule has 0 spiro atoms. The molecule has 2 N–H and O–H groups in total. The van der Waals surface area contributed by atoms with E-state index in [-0.39, 0.29) is 18.3 Å². The molecule has 0 saturated carbocycles. The van der Waals surface area contributed by atoms with Crippen molar-refractivity contribution in [1.82, 2.24) is 4.90 Å². The van der Waals surface area contributed by atoms with Crippen LogP contribution in [-0.2, 0) is 17.9 Å². The summed E-state index contributed by atoms with van der Waals surface area (Å²) in [6.45, 7) is 5.44. The lowest BCUT2D eigenvalue weighted by Gasteiger charge is -2.25. The van der Waals surface area contributed by atoms with Gasteiger partial charge in [0.25, 0.3) is 0 Å². The fourth-order valence-corrected chi connectivity index (χ4v) is 3.31. The Bertz CT molecular complexity index is 667. The second kappa shape index (κ2) is 7.82. The normalized spacial score (nSPS) is 14.2. The number of amides is 1. The zero-order chi connectivity index (χ0) is 16.4. The third kappa shape index (κ3) is 3.80. The van der Waals surface area contributed by atoms with Crippen LogP contribution in [-0.4, -0.2) is 16.8 Å². The van der Waals surface area contributed by atoms with Gasteiger partial charge in [0, 0.05) is 13.1 Å². The van der Waals surface area contributed by atoms with Gasteiger partial charge < -0.3 is 10.6 Å². The molecule has 24 heavy (non-hydrogen) atoms. The number of hydrogen-bond acceptors (Lipinski definition) is 2. The molecule has 0 unspecified atom stereocenters. The van der Waals surface area contributed by atoms with E-state index >= 15 is 0 Å². The van der Waals surface area contributed by atoms with Crippen molar-refractivity contribution < 1.29 is 4.79 Å². The molecule has 1 atom stereocenters. The molecule has 0 bridgehead atoms. The molecule has 0 fully saturated rings. The standard InChI is InChI=1S/C20H24N2O.ClH/c1-14(2)11-19(21)20(23)22-12-15-7-3-5-9-17(15)18-10-6-4-8-16(18)13-22;/h3-10,14,19H,11-13,21H2,1-2H3;1H/t19-;/m0./s1. The van der Waals surface area contributed by atoms with Crippen molar-refractivity contribution in [2.24, 2.45) is 11.7 Å². The maximum absolute atomic E-state index is 12.8. The minimum atomic E-state index is -0.424. The maximum atomic E-state index is 12.8. The van der Waals surface area contributed by atoms with Crippen molar-refractivity contribution >= 4 is 18.3 Å². The molecule has 4 heteroatoms. The molecule has 1 aliphatic rings. The second-order valence-corrected chi connectivity index (χ2v) is 6.74. The van der Waals surface area contributed by atoms with Gasteiger partial charge in [-0.25, -0.2) is 0 Å². The van der Waals surface area contributed by atoms with Crippen LogP contribution in [0.25, 0.3) is 11.1 Å². The van der Waals surface area contributed by atoms with Crippen molar-refractivity contribution in [2.45, 2.75) is 39.4 Å². The number of fused-ring (bicyclic) bond motifs is 3. The molecule has 0 saturated heterocycles. The predicted octanol–water partition coefficient (Wildman–Crippen LogP) is 3.99. The van der Waals surface area contributed by atoms with Crippen molar-refractivity contribution in [3.05, 3.63) is 59.7 Å². The maximum Gasteiger partial charge on any atom is 0.240 e. The third-order valence-electron chi connectivity index (χ3n) is 4.40. The van der Waals surface area contributed by atoms with E-state index in [4.69, 9.17) is 5.73 Å². The highest BCUT2D eigenvalue weighted by Gasteiger charge is 2.26. The van der Waals surface area contributed by atoms with Crippen LogP contribution in [0.15, 0.2) is 48.5 Å². The molecule has 0 aromatic heterocycles. The van der Waals surface area contributed by atoms with E-state index in [1.54, 1.807) is 0 Å². The summed E-state index contributed by atoms with van der Waals surface area (Å²) in [6.07, 6.45) is 0.721. The highest BCUT2D eigenvalue weighted by molar-refractivity contribution is 5.85. The van der Waals surface area contributed by atoms with Crippen LogP contribution in [0.4, 0.5) is 0 Å². The van der Waals surface area contributed by atoms with Crippen LogP contribution in [0, 0.1) is 5.92 Å². The van der Waals surface area contributed by atoms with Crippen LogP contribution in [0.5, 0.6) is 0 Å². The Morgan fingerprint density at radius 2 is 1.46 bits per heavy atom. The molecule has 1 heterocycles. The monoisotopic (exact) mass is 344 g/mol. The van der Waals surface area contributed by atoms with Crippen molar-refractivity contribution in [3.8, 4) is 11.1 Å². The lowest BCUT2D eigenvalue weighted by Crippen LogP contribution is -2.43. The first-order valence-electron chi connectivity index (χ1n) is 8.27. The lowest BCUT2D eigenvalue weighted by atomic mass is 9.97. The van der Waals surface area contributed by atoms with Gasteiger partial charge in [0.1, 0.15) is 0 Å². The van der Waals surface area contributed by atoms with E-state index in [0.29, 0.717) is 19.0 Å². The first kappa shape index (κ1) is 18.5. The summed E-state index contributed by atoms with van der Waals surface area (Å²) in [5, 5.41) is 0. The zero-order valence-corrected chi connectivity index (χ0v) is 15.1. The number of rotatable bonds is 3. The zero-order valence-electron chi connectivity index (χ0n) is 14.2. The first-order valence-corrected chi connectivity index (χ1v) is 8.27. The van der Waals surface area contributed by atoms with Gasteiger partial charge in [-0.2, -0.15) is 0 Å². The van der Waals surface area contributed by atoms with Crippen LogP contribution < -0.4 is 5.73 Å². The van der Waals surface area contributed by atoms with Crippen molar-refractivity contribution in [3.63, 3.8) is 0 Å². The molecule has 3 nitrogen and oxygen atoms in total. The highest BCUT2D eigenvalue weighted by Crippen LogP contribution is 2.32. The van der Waals surface area contributed by atoms with E-state index in [1.165, 1.54) is 22.3 Å². The van der Waals surface area contributed by atoms with Crippen LogP contribution >= 0.6 is 12.4 Å². The molecule has 1 amide bonds. The van der Waals surface area contributed by atoms with Gasteiger partial charge in [-0.1, -0.05) is 62.4 Å². The van der Waals surface area contributed by atoms with Gasteiger partial charge in [-0.3, -0.25) is 4.79 Å². The number of carbonyl (C=O) groups excluding carboxylic acids is 1. The van der Waals surface area contributed by atoms with Gasteiger partial charge in [0.2, 0.25) is 5.91 Å². The van der Waals surface area contributed by atoms with Gasteiger partial charge in [0.15, 0.2) is 0 Å². The highest BCUT2D eigenvalue weighted by atomic mass is 35.5. The Hall–Kier alpha value is -1.84. The number of halogens is 1. The average Bonchev–Trinajstić information content (AvgIpc) is 2.70. The Kier molecular flexibility index (Phi) is 6.03. The molecule has 0 radical (unpaired) electrons. The Balaban J connectivity index is 0.00000208. The number of carbonyl (C=O) groups is 1. The molecule has 1 aliphatic heterocycles. The van der Waals surface area contributed by atoms with Gasteiger partial charge >= 0.3 is 0 Å². The van der Waals surface area contributed by atoms with E-state index in [1.807, 2.05) is 17.0 Å². The Labute approximate surface area is 150 Å². The van der Waals surface area contributed by atoms with Gasteiger partial charge in [-0.15, -0.1) is 12.4 Å². The van der Waals surface area contributed by atoms with Crippen molar-refractivity contribution in [1.29, 1.82) is 0 Å². The quantitative estimate of drug-likeness (QED) is 0.915. The van der Waals surface area contributed by atoms with Crippen molar-refractivity contribution in [2.75, 3.05) is 0 Å². The summed E-state index contributed by atoms with van der Waals surface area (Å²) in [6, 6.07) is 16.2. The van der Waals surface area contributed by atoms with Crippen LogP contribution in [0.1, 0.15) is 31.4 Å². The molecule has 128 valence electrons. The topological polar surface area (TPSA) is 46.3 Å². The number of benzene rings is 2. The minimum Gasteiger partial charge on any atom is -0.333 e. The molecule has 0 aliphatic carbocycles. The summed E-state index contributed by atoms with van der Waals surface area (Å²) >= 11 is 0. The largest absolute Gasteiger partial charge is 0.333 e. The lowest BCUT2D eigenvalue weighted by molar-refractivity contribution is -0.134. The summed E-state index contributed by atoms with van der Waals surface area (Å²) in [5.74, 6) is 0.464. The number of nitrogens with two attached hydrogens (primary N) is 1. The average molecular weight is 345 g/mol. The Morgan fingerprint density at radius 3 is 1.92 bits per heavy atom. The van der Waals surface area contributed by atoms with E-state index in [2.05, 4.69) is 50.2 Å². The predicted molar refractivity (Wildman–Crippen MR) is 101 cm³/mol. The molecule has 3 rings (SSSR count). The molecule has 2 aromatic rings. The van der Waals surface area contributed by atoms with E-state index in [9.17, 15) is 4.79 Å². The van der Waals surface area contributed by atoms with E-state index < -0.39 is 6.04 Å². The number of hydrogen-bond donors (Lipinski definition) is 1. The molecule has 2 aromatic carbocycles. The molecular formula is C20H25ClN2O. The molecular weight excluding hydrogens is 320 g/mol. The van der Waals surface area contributed by atoms with Gasteiger partial charge in [0.05, 0.1) is 6.04 Å². The van der Waals surface area contributed by atoms with E-state index in [0.717, 1.165) is 6.42 Å². The fraction of sp³-hybridized carbons (Fsp3) is 0.350.